The molecule has 0 aliphatic carbocycles. The zero-order chi connectivity index (χ0) is 13.1. The van der Waals surface area contributed by atoms with Gasteiger partial charge in [-0.1, -0.05) is 35.0 Å². The Morgan fingerprint density at radius 2 is 2.06 bits per heavy atom. The first-order valence-electron chi connectivity index (χ1n) is 6.59. The first kappa shape index (κ1) is 13.6. The molecule has 1 fully saturated rings. The third kappa shape index (κ3) is 3.35. The second-order valence-corrected chi connectivity index (χ2v) is 6.18. The smallest absolute Gasteiger partial charge is 0.226 e. The van der Waals surface area contributed by atoms with E-state index < -0.39 is 0 Å². The van der Waals surface area contributed by atoms with Gasteiger partial charge in [0.1, 0.15) is 0 Å². The van der Waals surface area contributed by atoms with Crippen LogP contribution in [0.5, 0.6) is 0 Å². The largest absolute Gasteiger partial charge is 0.342 e. The average molecular weight is 310 g/mol. The molecule has 98 valence electrons. The molecule has 0 radical (unpaired) electrons. The first-order chi connectivity index (χ1) is 8.56. The van der Waals surface area contributed by atoms with Gasteiger partial charge in [0.15, 0.2) is 0 Å². The summed E-state index contributed by atoms with van der Waals surface area (Å²) in [6.07, 6.45) is 2.82. The molecule has 1 aromatic carbocycles. The molecular weight excluding hydrogens is 290 g/mol. The number of likely N-dealkylation sites (tertiary alicyclic amines) is 1. The Morgan fingerprint density at radius 3 is 2.67 bits per heavy atom. The fraction of sp³-hybridized carbons (Fsp3) is 0.533. The quantitative estimate of drug-likeness (QED) is 0.818. The SMILES string of the molecule is Cc1cc(CC(=O)N2CCC(C)CC2)ccc1Br. The van der Waals surface area contributed by atoms with Crippen molar-refractivity contribution in [2.45, 2.75) is 33.1 Å². The maximum Gasteiger partial charge on any atom is 0.226 e. The van der Waals surface area contributed by atoms with E-state index in [1.165, 1.54) is 5.56 Å². The fourth-order valence-electron chi connectivity index (χ4n) is 2.36. The lowest BCUT2D eigenvalue weighted by atomic mass is 9.98. The normalized spacial score (nSPS) is 16.9. The molecule has 2 nitrogen and oxygen atoms in total. The maximum absolute atomic E-state index is 12.2. The van der Waals surface area contributed by atoms with E-state index >= 15 is 0 Å². The molecular formula is C15H20BrNO. The van der Waals surface area contributed by atoms with E-state index in [0.29, 0.717) is 6.42 Å². The number of hydrogen-bond acceptors (Lipinski definition) is 1. The van der Waals surface area contributed by atoms with E-state index in [-0.39, 0.29) is 5.91 Å². The van der Waals surface area contributed by atoms with Crippen LogP contribution < -0.4 is 0 Å². The highest BCUT2D eigenvalue weighted by atomic mass is 79.9. The number of halogens is 1. The van der Waals surface area contributed by atoms with Gasteiger partial charge < -0.3 is 4.90 Å². The lowest BCUT2D eigenvalue weighted by Crippen LogP contribution is -2.38. The monoisotopic (exact) mass is 309 g/mol. The zero-order valence-corrected chi connectivity index (χ0v) is 12.7. The topological polar surface area (TPSA) is 20.3 Å². The number of carbonyl (C=O) groups excluding carboxylic acids is 1. The Labute approximate surface area is 117 Å². The molecule has 1 saturated heterocycles. The van der Waals surface area contributed by atoms with Crippen LogP contribution >= 0.6 is 15.9 Å². The maximum atomic E-state index is 12.2. The number of aryl methyl sites for hydroxylation is 1. The van der Waals surface area contributed by atoms with Crippen molar-refractivity contribution in [2.24, 2.45) is 5.92 Å². The van der Waals surface area contributed by atoms with E-state index in [1.54, 1.807) is 0 Å². The third-order valence-corrected chi connectivity index (χ3v) is 4.60. The van der Waals surface area contributed by atoms with E-state index in [4.69, 9.17) is 0 Å². The summed E-state index contributed by atoms with van der Waals surface area (Å²) < 4.78 is 1.10. The molecule has 1 aliphatic heterocycles. The molecule has 0 bridgehead atoms. The molecule has 0 aromatic heterocycles. The van der Waals surface area contributed by atoms with Gasteiger partial charge >= 0.3 is 0 Å². The van der Waals surface area contributed by atoms with Gasteiger partial charge in [0.05, 0.1) is 6.42 Å². The van der Waals surface area contributed by atoms with Crippen molar-refractivity contribution >= 4 is 21.8 Å². The van der Waals surface area contributed by atoms with E-state index in [0.717, 1.165) is 41.9 Å². The van der Waals surface area contributed by atoms with Crippen molar-refractivity contribution in [3.8, 4) is 0 Å². The Hall–Kier alpha value is -0.830. The van der Waals surface area contributed by atoms with Crippen LogP contribution in [0.1, 0.15) is 30.9 Å². The fourth-order valence-corrected chi connectivity index (χ4v) is 2.61. The van der Waals surface area contributed by atoms with E-state index in [1.807, 2.05) is 17.0 Å². The standard InChI is InChI=1S/C15H20BrNO/c1-11-5-7-17(8-6-11)15(18)10-13-3-4-14(16)12(2)9-13/h3-4,9,11H,5-8,10H2,1-2H3. The van der Waals surface area contributed by atoms with Crippen LogP contribution in [0.3, 0.4) is 0 Å². The van der Waals surface area contributed by atoms with Gasteiger partial charge in [0.25, 0.3) is 0 Å². The summed E-state index contributed by atoms with van der Waals surface area (Å²) in [6, 6.07) is 6.15. The Morgan fingerprint density at radius 1 is 1.39 bits per heavy atom. The number of hydrogen-bond donors (Lipinski definition) is 0. The number of piperidine rings is 1. The van der Waals surface area contributed by atoms with Crippen LogP contribution in [0.4, 0.5) is 0 Å². The van der Waals surface area contributed by atoms with Crippen LogP contribution in [0.25, 0.3) is 0 Å². The predicted molar refractivity (Wildman–Crippen MR) is 77.6 cm³/mol. The summed E-state index contributed by atoms with van der Waals surface area (Å²) in [6.45, 7) is 6.17. The van der Waals surface area contributed by atoms with Crippen molar-refractivity contribution in [3.63, 3.8) is 0 Å². The number of benzene rings is 1. The predicted octanol–water partition coefficient (Wildman–Crippen LogP) is 3.56. The lowest BCUT2D eigenvalue weighted by molar-refractivity contribution is -0.131. The molecule has 0 spiro atoms. The minimum atomic E-state index is 0.267. The molecule has 1 amide bonds. The molecule has 2 rings (SSSR count). The van der Waals surface area contributed by atoms with Gasteiger partial charge in [-0.3, -0.25) is 4.79 Å². The van der Waals surface area contributed by atoms with Crippen LogP contribution in [0.2, 0.25) is 0 Å². The van der Waals surface area contributed by atoms with Crippen molar-refractivity contribution in [2.75, 3.05) is 13.1 Å². The number of carbonyl (C=O) groups is 1. The van der Waals surface area contributed by atoms with Gasteiger partial charge in [-0.2, -0.15) is 0 Å². The molecule has 1 aliphatic rings. The van der Waals surface area contributed by atoms with Gasteiger partial charge in [0.2, 0.25) is 5.91 Å². The summed E-state index contributed by atoms with van der Waals surface area (Å²) in [5.41, 5.74) is 2.30. The Balaban J connectivity index is 1.96. The van der Waals surface area contributed by atoms with E-state index in [2.05, 4.69) is 35.8 Å². The summed E-state index contributed by atoms with van der Waals surface area (Å²) in [5.74, 6) is 1.03. The Kier molecular flexibility index (Phi) is 4.44. The van der Waals surface area contributed by atoms with Gasteiger partial charge in [-0.05, 0) is 42.9 Å². The first-order valence-corrected chi connectivity index (χ1v) is 7.38. The summed E-state index contributed by atoms with van der Waals surface area (Å²) in [4.78, 5) is 14.2. The molecule has 18 heavy (non-hydrogen) atoms. The lowest BCUT2D eigenvalue weighted by Gasteiger charge is -2.30. The summed E-state index contributed by atoms with van der Waals surface area (Å²) >= 11 is 3.48. The second kappa shape index (κ2) is 5.87. The number of rotatable bonds is 2. The van der Waals surface area contributed by atoms with E-state index in [9.17, 15) is 4.79 Å². The van der Waals surface area contributed by atoms with Gasteiger partial charge in [-0.15, -0.1) is 0 Å². The molecule has 1 heterocycles. The minimum Gasteiger partial charge on any atom is -0.342 e. The zero-order valence-electron chi connectivity index (χ0n) is 11.1. The number of amides is 1. The van der Waals surface area contributed by atoms with Crippen molar-refractivity contribution < 1.29 is 4.79 Å². The highest BCUT2D eigenvalue weighted by Crippen LogP contribution is 2.19. The van der Waals surface area contributed by atoms with Crippen LogP contribution in [0, 0.1) is 12.8 Å². The third-order valence-electron chi connectivity index (χ3n) is 3.71. The van der Waals surface area contributed by atoms with Crippen molar-refractivity contribution in [3.05, 3.63) is 33.8 Å². The minimum absolute atomic E-state index is 0.267. The molecule has 1 aromatic rings. The van der Waals surface area contributed by atoms with Crippen LogP contribution in [0.15, 0.2) is 22.7 Å². The molecule has 3 heteroatoms. The molecule has 0 N–H and O–H groups in total. The summed E-state index contributed by atoms with van der Waals surface area (Å²) in [7, 11) is 0. The molecule has 0 unspecified atom stereocenters. The van der Waals surface area contributed by atoms with Gasteiger partial charge in [0, 0.05) is 17.6 Å². The average Bonchev–Trinajstić information content (AvgIpc) is 2.34. The van der Waals surface area contributed by atoms with Crippen LogP contribution in [-0.4, -0.2) is 23.9 Å². The molecule has 0 saturated carbocycles. The number of nitrogens with zero attached hydrogens (tertiary/aromatic N) is 1. The van der Waals surface area contributed by atoms with Crippen LogP contribution in [-0.2, 0) is 11.2 Å². The Bertz CT molecular complexity index is 436. The van der Waals surface area contributed by atoms with Crippen molar-refractivity contribution in [1.82, 2.24) is 4.90 Å². The second-order valence-electron chi connectivity index (χ2n) is 5.32. The van der Waals surface area contributed by atoms with Gasteiger partial charge in [-0.25, -0.2) is 0 Å². The van der Waals surface area contributed by atoms with Crippen molar-refractivity contribution in [1.29, 1.82) is 0 Å². The molecule has 0 atom stereocenters. The summed E-state index contributed by atoms with van der Waals surface area (Å²) in [5, 5.41) is 0. The highest BCUT2D eigenvalue weighted by Gasteiger charge is 2.20. The highest BCUT2D eigenvalue weighted by molar-refractivity contribution is 9.10.